The number of aliphatic carboxylic acids is 1. The van der Waals surface area contributed by atoms with Crippen LogP contribution in [0.3, 0.4) is 0 Å². The quantitative estimate of drug-likeness (QED) is 0.248. The van der Waals surface area contributed by atoms with Crippen molar-refractivity contribution >= 4 is 29.6 Å². The van der Waals surface area contributed by atoms with Crippen LogP contribution in [0.1, 0.15) is 52.7 Å². The molecule has 0 bridgehead atoms. The van der Waals surface area contributed by atoms with Crippen LogP contribution in [-0.2, 0) is 17.8 Å². The molecule has 0 amide bonds. The van der Waals surface area contributed by atoms with Gasteiger partial charge in [0.15, 0.2) is 0 Å². The highest BCUT2D eigenvalue weighted by Gasteiger charge is 2.10. The number of carboxylic acid groups (broad SMARTS) is 2. The molecule has 0 spiro atoms. The van der Waals surface area contributed by atoms with E-state index in [0.29, 0.717) is 18.1 Å². The van der Waals surface area contributed by atoms with Crippen molar-refractivity contribution in [1.82, 2.24) is 0 Å². The van der Waals surface area contributed by atoms with Crippen LogP contribution in [0, 0.1) is 5.92 Å². The van der Waals surface area contributed by atoms with E-state index in [2.05, 4.69) is 6.08 Å². The molecular weight excluding hydrogens is 464 g/mol. The first kappa shape index (κ1) is 26.0. The summed E-state index contributed by atoms with van der Waals surface area (Å²) in [6, 6.07) is 22.3. The lowest BCUT2D eigenvalue weighted by molar-refractivity contribution is -0.137. The molecule has 2 N–H and O–H groups in total. The number of allylic oxidation sites excluding steroid dienone is 1. The molecule has 182 valence electrons. The van der Waals surface area contributed by atoms with Gasteiger partial charge in [-0.15, -0.1) is 0 Å². The summed E-state index contributed by atoms with van der Waals surface area (Å²) in [4.78, 5) is 22.0. The highest BCUT2D eigenvalue weighted by molar-refractivity contribution is 6.31. The molecule has 3 aromatic rings. The number of carboxylic acids is 2. The number of para-hydroxylation sites is 1. The predicted octanol–water partition coefficient (Wildman–Crippen LogP) is 7.13. The molecule has 0 saturated heterocycles. The first-order valence-electron chi connectivity index (χ1n) is 11.6. The van der Waals surface area contributed by atoms with Crippen molar-refractivity contribution in [3.05, 3.63) is 106 Å². The number of benzene rings is 3. The number of hydrogen-bond donors (Lipinski definition) is 2. The molecule has 0 radical (unpaired) electrons. The Labute approximate surface area is 210 Å². The van der Waals surface area contributed by atoms with Gasteiger partial charge in [-0.25, -0.2) is 4.79 Å². The van der Waals surface area contributed by atoms with Gasteiger partial charge in [0.05, 0.1) is 5.56 Å². The van der Waals surface area contributed by atoms with Gasteiger partial charge in [-0.1, -0.05) is 78.7 Å². The first-order valence-corrected chi connectivity index (χ1v) is 12.0. The van der Waals surface area contributed by atoms with E-state index in [9.17, 15) is 9.59 Å². The molecular formula is C29H29ClO5. The number of ether oxygens (including phenoxy) is 1. The lowest BCUT2D eigenvalue weighted by Gasteiger charge is -2.14. The zero-order valence-corrected chi connectivity index (χ0v) is 20.2. The topological polar surface area (TPSA) is 83.8 Å². The minimum atomic E-state index is -0.949. The summed E-state index contributed by atoms with van der Waals surface area (Å²) in [6.45, 7) is 0.360. The number of aromatic carboxylic acids is 1. The highest BCUT2D eigenvalue weighted by Crippen LogP contribution is 2.25. The van der Waals surface area contributed by atoms with Crippen molar-refractivity contribution in [3.63, 3.8) is 0 Å². The van der Waals surface area contributed by atoms with Gasteiger partial charge in [0.2, 0.25) is 0 Å². The minimum absolute atomic E-state index is 0.155. The molecule has 0 aliphatic heterocycles. The van der Waals surface area contributed by atoms with Crippen molar-refractivity contribution in [1.29, 1.82) is 0 Å². The Morgan fingerprint density at radius 1 is 0.914 bits per heavy atom. The summed E-state index contributed by atoms with van der Waals surface area (Å²) in [5.74, 6) is -0.823. The number of rotatable bonds is 13. The Hall–Kier alpha value is -3.57. The Bertz CT molecular complexity index is 1150. The van der Waals surface area contributed by atoms with Crippen LogP contribution in [0.5, 0.6) is 5.75 Å². The van der Waals surface area contributed by atoms with E-state index in [1.165, 1.54) is 0 Å². The Kier molecular flexibility index (Phi) is 9.93. The SMILES string of the molecule is O=C(O)CCCCC(C=Cc1ccccc1OCc1ccccc1Cl)Cc1ccc(C(=O)O)cc1. The van der Waals surface area contributed by atoms with Gasteiger partial charge < -0.3 is 14.9 Å². The molecule has 3 rings (SSSR count). The van der Waals surface area contributed by atoms with Crippen LogP contribution in [0.2, 0.25) is 5.02 Å². The third-order valence-electron chi connectivity index (χ3n) is 5.72. The maximum atomic E-state index is 11.1. The molecule has 0 aliphatic rings. The van der Waals surface area contributed by atoms with Crippen molar-refractivity contribution in [2.45, 2.75) is 38.7 Å². The molecule has 1 atom stereocenters. The maximum Gasteiger partial charge on any atom is 0.335 e. The summed E-state index contributed by atoms with van der Waals surface area (Å²) >= 11 is 6.25. The van der Waals surface area contributed by atoms with Gasteiger partial charge in [-0.05, 0) is 55.0 Å². The van der Waals surface area contributed by atoms with Gasteiger partial charge in [0.25, 0.3) is 0 Å². The van der Waals surface area contributed by atoms with E-state index >= 15 is 0 Å². The minimum Gasteiger partial charge on any atom is -0.488 e. The molecule has 3 aromatic carbocycles. The van der Waals surface area contributed by atoms with E-state index in [0.717, 1.165) is 41.7 Å². The third kappa shape index (κ3) is 8.62. The second-order valence-corrected chi connectivity index (χ2v) is 8.79. The summed E-state index contributed by atoms with van der Waals surface area (Å²) in [5.41, 5.74) is 3.14. The van der Waals surface area contributed by atoms with Crippen molar-refractivity contribution in [2.24, 2.45) is 5.92 Å². The molecule has 0 aliphatic carbocycles. The number of halogens is 1. The predicted molar refractivity (Wildman–Crippen MR) is 138 cm³/mol. The van der Waals surface area contributed by atoms with E-state index in [-0.39, 0.29) is 17.9 Å². The van der Waals surface area contributed by atoms with E-state index in [1.807, 2.05) is 66.7 Å². The summed E-state index contributed by atoms with van der Waals surface area (Å²) in [6.07, 6.45) is 7.29. The normalized spacial score (nSPS) is 11.9. The molecule has 0 saturated carbocycles. The van der Waals surface area contributed by atoms with Gasteiger partial charge in [-0.3, -0.25) is 4.79 Å². The third-order valence-corrected chi connectivity index (χ3v) is 6.09. The van der Waals surface area contributed by atoms with Crippen LogP contribution in [0.4, 0.5) is 0 Å². The summed E-state index contributed by atoms with van der Waals surface area (Å²) < 4.78 is 6.06. The van der Waals surface area contributed by atoms with E-state index in [4.69, 9.17) is 26.6 Å². The van der Waals surface area contributed by atoms with Gasteiger partial charge in [-0.2, -0.15) is 0 Å². The van der Waals surface area contributed by atoms with Gasteiger partial charge in [0, 0.05) is 22.6 Å². The molecule has 35 heavy (non-hydrogen) atoms. The Morgan fingerprint density at radius 2 is 1.63 bits per heavy atom. The van der Waals surface area contributed by atoms with Crippen molar-refractivity contribution in [3.8, 4) is 5.75 Å². The fraction of sp³-hybridized carbons (Fsp3) is 0.241. The summed E-state index contributed by atoms with van der Waals surface area (Å²) in [5, 5.41) is 18.7. The first-order chi connectivity index (χ1) is 16.9. The van der Waals surface area contributed by atoms with Crippen LogP contribution in [0.25, 0.3) is 6.08 Å². The van der Waals surface area contributed by atoms with E-state index in [1.54, 1.807) is 12.1 Å². The van der Waals surface area contributed by atoms with Gasteiger partial charge >= 0.3 is 11.9 Å². The van der Waals surface area contributed by atoms with Crippen molar-refractivity contribution in [2.75, 3.05) is 0 Å². The molecule has 0 heterocycles. The average Bonchev–Trinajstić information content (AvgIpc) is 2.85. The lowest BCUT2D eigenvalue weighted by atomic mass is 9.92. The van der Waals surface area contributed by atoms with Crippen LogP contribution < -0.4 is 4.74 Å². The Balaban J connectivity index is 1.72. The smallest absolute Gasteiger partial charge is 0.335 e. The van der Waals surface area contributed by atoms with Crippen LogP contribution in [0.15, 0.2) is 78.9 Å². The molecule has 1 unspecified atom stereocenters. The van der Waals surface area contributed by atoms with Gasteiger partial charge in [0.1, 0.15) is 12.4 Å². The molecule has 0 fully saturated rings. The number of carbonyl (C=O) groups is 2. The monoisotopic (exact) mass is 492 g/mol. The fourth-order valence-corrected chi connectivity index (χ4v) is 3.99. The maximum absolute atomic E-state index is 11.1. The average molecular weight is 493 g/mol. The Morgan fingerprint density at radius 3 is 2.34 bits per heavy atom. The lowest BCUT2D eigenvalue weighted by Crippen LogP contribution is -2.04. The van der Waals surface area contributed by atoms with Crippen LogP contribution in [-0.4, -0.2) is 22.2 Å². The zero-order valence-electron chi connectivity index (χ0n) is 19.4. The largest absolute Gasteiger partial charge is 0.488 e. The molecule has 6 heteroatoms. The zero-order chi connectivity index (χ0) is 25.0. The van der Waals surface area contributed by atoms with Crippen molar-refractivity contribution < 1.29 is 24.5 Å². The fourth-order valence-electron chi connectivity index (χ4n) is 3.80. The second-order valence-electron chi connectivity index (χ2n) is 8.38. The molecule has 0 aromatic heterocycles. The van der Waals surface area contributed by atoms with Crippen LogP contribution >= 0.6 is 11.6 Å². The highest BCUT2D eigenvalue weighted by atomic mass is 35.5. The number of unbranched alkanes of at least 4 members (excludes halogenated alkanes) is 1. The standard InChI is InChI=1S/C29H29ClO5/c30-26-10-4-2-9-25(26)20-35-27-11-5-3-8-23(27)16-13-21(7-1-6-12-28(31)32)19-22-14-17-24(18-15-22)29(33)34/h2-5,8-11,13-18,21H,1,6-7,12,19-20H2,(H,31,32)(H,33,34). The summed E-state index contributed by atoms with van der Waals surface area (Å²) in [7, 11) is 0. The molecule has 5 nitrogen and oxygen atoms in total. The number of hydrogen-bond acceptors (Lipinski definition) is 3. The second kappa shape index (κ2) is 13.4. The van der Waals surface area contributed by atoms with E-state index < -0.39 is 11.9 Å².